The quantitative estimate of drug-likeness (QED) is 0.510. The SMILES string of the molecule is COc1ccc(CNC(=O)c2ccc3c(c2)C(=O)C(Cc2ccc(Cl)c(F)c2)[S+]([O-])N3C)cc1. The Balaban J connectivity index is 1.53. The number of anilines is 1. The summed E-state index contributed by atoms with van der Waals surface area (Å²) >= 11 is 4.09. The Morgan fingerprint density at radius 2 is 1.85 bits per heavy atom. The predicted octanol–water partition coefficient (Wildman–Crippen LogP) is 4.33. The van der Waals surface area contributed by atoms with E-state index >= 15 is 0 Å². The molecule has 0 aromatic heterocycles. The van der Waals surface area contributed by atoms with Gasteiger partial charge in [-0.25, -0.2) is 4.39 Å². The molecular formula is C25H22ClFN2O4S. The first-order chi connectivity index (χ1) is 16.3. The van der Waals surface area contributed by atoms with Crippen LogP contribution in [0.1, 0.15) is 31.8 Å². The van der Waals surface area contributed by atoms with Crippen LogP contribution in [0.15, 0.2) is 60.7 Å². The Morgan fingerprint density at radius 1 is 1.15 bits per heavy atom. The fourth-order valence-electron chi connectivity index (χ4n) is 3.77. The maximum absolute atomic E-state index is 13.9. The van der Waals surface area contributed by atoms with Crippen molar-refractivity contribution in [1.29, 1.82) is 0 Å². The Morgan fingerprint density at radius 3 is 2.53 bits per heavy atom. The highest BCUT2D eigenvalue weighted by Gasteiger charge is 2.42. The van der Waals surface area contributed by atoms with Crippen molar-refractivity contribution in [1.82, 2.24) is 5.32 Å². The van der Waals surface area contributed by atoms with Crippen molar-refractivity contribution in [2.45, 2.75) is 18.2 Å². The number of ketones is 1. The number of Topliss-reactive ketones (excluding diaryl/α,β-unsaturated/α-hetero) is 1. The number of methoxy groups -OCH3 is 1. The van der Waals surface area contributed by atoms with Gasteiger partial charge < -0.3 is 14.6 Å². The summed E-state index contributed by atoms with van der Waals surface area (Å²) < 4.78 is 33.5. The van der Waals surface area contributed by atoms with Crippen molar-refractivity contribution in [3.8, 4) is 5.75 Å². The Labute approximate surface area is 205 Å². The number of nitrogens with one attached hydrogen (secondary N) is 1. The molecule has 3 aromatic carbocycles. The van der Waals surface area contributed by atoms with Gasteiger partial charge in [0.1, 0.15) is 11.6 Å². The lowest BCUT2D eigenvalue weighted by Gasteiger charge is -2.33. The molecule has 3 aromatic rings. The molecule has 176 valence electrons. The van der Waals surface area contributed by atoms with Gasteiger partial charge in [-0.3, -0.25) is 9.59 Å². The lowest BCUT2D eigenvalue weighted by molar-refractivity contribution is 0.0951. The Kier molecular flexibility index (Phi) is 7.11. The van der Waals surface area contributed by atoms with E-state index in [0.29, 0.717) is 28.9 Å². The zero-order chi connectivity index (χ0) is 24.4. The van der Waals surface area contributed by atoms with Crippen LogP contribution in [0, 0.1) is 5.82 Å². The van der Waals surface area contributed by atoms with Crippen LogP contribution < -0.4 is 14.4 Å². The van der Waals surface area contributed by atoms with Crippen LogP contribution in [0.4, 0.5) is 10.1 Å². The molecule has 1 N–H and O–H groups in total. The van der Waals surface area contributed by atoms with Crippen molar-refractivity contribution in [3.63, 3.8) is 0 Å². The third-order valence-electron chi connectivity index (χ3n) is 5.69. The standard InChI is InChI=1S/C25H22ClFN2O4S/c1-29-22-10-6-17(25(31)28-14-15-3-7-18(33-2)8-4-15)13-19(22)24(30)23(34(29)32)12-16-5-9-20(26)21(27)11-16/h3-11,13,23H,12,14H2,1-2H3,(H,28,31). The molecule has 0 saturated carbocycles. The molecule has 1 aliphatic rings. The van der Waals surface area contributed by atoms with E-state index in [1.54, 1.807) is 32.4 Å². The van der Waals surface area contributed by atoms with Gasteiger partial charge in [0.05, 0.1) is 41.8 Å². The summed E-state index contributed by atoms with van der Waals surface area (Å²) in [5.74, 6) is -0.567. The molecule has 0 fully saturated rings. The largest absolute Gasteiger partial charge is 0.592 e. The van der Waals surface area contributed by atoms with Gasteiger partial charge in [-0.1, -0.05) is 29.8 Å². The maximum Gasteiger partial charge on any atom is 0.251 e. The van der Waals surface area contributed by atoms with Crippen molar-refractivity contribution in [2.75, 3.05) is 18.5 Å². The first-order valence-corrected chi connectivity index (χ1v) is 12.0. The van der Waals surface area contributed by atoms with E-state index in [0.717, 1.165) is 11.3 Å². The van der Waals surface area contributed by atoms with Gasteiger partial charge in [0.25, 0.3) is 5.91 Å². The second kappa shape index (κ2) is 10.0. The monoisotopic (exact) mass is 500 g/mol. The number of carbonyl (C=O) groups is 2. The molecule has 9 heteroatoms. The van der Waals surface area contributed by atoms with Gasteiger partial charge in [0.2, 0.25) is 11.0 Å². The summed E-state index contributed by atoms with van der Waals surface area (Å²) in [7, 11) is 3.21. The number of amides is 1. The van der Waals surface area contributed by atoms with Crippen molar-refractivity contribution in [2.24, 2.45) is 0 Å². The lowest BCUT2D eigenvalue weighted by atomic mass is 9.98. The Hall–Kier alpha value is -3.07. The van der Waals surface area contributed by atoms with E-state index in [1.807, 2.05) is 24.3 Å². The highest BCUT2D eigenvalue weighted by Crippen LogP contribution is 2.34. The molecule has 0 spiro atoms. The van der Waals surface area contributed by atoms with Crippen LogP contribution in [0.25, 0.3) is 0 Å². The van der Waals surface area contributed by atoms with Gasteiger partial charge in [-0.15, -0.1) is 0 Å². The molecule has 0 bridgehead atoms. The van der Waals surface area contributed by atoms with Crippen LogP contribution in [0.2, 0.25) is 5.02 Å². The maximum atomic E-state index is 13.9. The fraction of sp³-hybridized carbons (Fsp3) is 0.200. The zero-order valence-electron chi connectivity index (χ0n) is 18.5. The molecule has 34 heavy (non-hydrogen) atoms. The molecule has 0 radical (unpaired) electrons. The molecule has 0 aliphatic carbocycles. The summed E-state index contributed by atoms with van der Waals surface area (Å²) in [5.41, 5.74) is 2.51. The van der Waals surface area contributed by atoms with Crippen LogP contribution in [-0.4, -0.2) is 35.7 Å². The third kappa shape index (κ3) is 4.89. The number of hydrogen-bond donors (Lipinski definition) is 1. The van der Waals surface area contributed by atoms with E-state index in [9.17, 15) is 18.5 Å². The molecule has 6 nitrogen and oxygen atoms in total. The molecular weight excluding hydrogens is 479 g/mol. The predicted molar refractivity (Wildman–Crippen MR) is 130 cm³/mol. The molecule has 1 aliphatic heterocycles. The topological polar surface area (TPSA) is 81.7 Å². The van der Waals surface area contributed by atoms with Gasteiger partial charge in [0, 0.05) is 18.5 Å². The number of benzene rings is 3. The van der Waals surface area contributed by atoms with E-state index in [4.69, 9.17) is 16.3 Å². The second-order valence-electron chi connectivity index (χ2n) is 7.84. The number of halogens is 2. The molecule has 1 amide bonds. The van der Waals surface area contributed by atoms with Crippen molar-refractivity contribution >= 4 is 40.3 Å². The number of rotatable bonds is 6. The van der Waals surface area contributed by atoms with Gasteiger partial charge in [-0.05, 0) is 53.6 Å². The molecule has 4 rings (SSSR count). The Bertz CT molecular complexity index is 1240. The molecule has 0 saturated heterocycles. The van der Waals surface area contributed by atoms with Gasteiger partial charge in [0.15, 0.2) is 0 Å². The summed E-state index contributed by atoms with van der Waals surface area (Å²) in [6.45, 7) is 0.308. The highest BCUT2D eigenvalue weighted by molar-refractivity contribution is 7.94. The zero-order valence-corrected chi connectivity index (χ0v) is 20.1. The van der Waals surface area contributed by atoms with Crippen molar-refractivity contribution in [3.05, 3.63) is 93.8 Å². The minimum absolute atomic E-state index is 0.0207. The van der Waals surface area contributed by atoms with Crippen LogP contribution in [-0.2, 0) is 24.3 Å². The van der Waals surface area contributed by atoms with Crippen LogP contribution in [0.3, 0.4) is 0 Å². The van der Waals surface area contributed by atoms with E-state index in [2.05, 4.69) is 5.32 Å². The number of nitrogens with zero attached hydrogens (tertiary/aromatic N) is 1. The minimum Gasteiger partial charge on any atom is -0.592 e. The normalized spacial score (nSPS) is 17.3. The smallest absolute Gasteiger partial charge is 0.251 e. The van der Waals surface area contributed by atoms with Gasteiger partial charge >= 0.3 is 0 Å². The highest BCUT2D eigenvalue weighted by atomic mass is 35.5. The second-order valence-corrected chi connectivity index (χ2v) is 9.92. The van der Waals surface area contributed by atoms with Crippen molar-refractivity contribution < 1.29 is 23.3 Å². The summed E-state index contributed by atoms with van der Waals surface area (Å²) in [6, 6.07) is 16.3. The minimum atomic E-state index is -1.66. The average molecular weight is 501 g/mol. The molecule has 2 atom stereocenters. The molecule has 1 heterocycles. The van der Waals surface area contributed by atoms with E-state index in [1.165, 1.54) is 22.5 Å². The third-order valence-corrected chi connectivity index (χ3v) is 7.60. The average Bonchev–Trinajstić information content (AvgIpc) is 2.85. The molecule has 2 unspecified atom stereocenters. The number of fused-ring (bicyclic) bond motifs is 1. The fourth-order valence-corrected chi connectivity index (χ4v) is 5.27. The summed E-state index contributed by atoms with van der Waals surface area (Å²) in [5, 5.41) is 1.91. The van der Waals surface area contributed by atoms with E-state index < -0.39 is 22.4 Å². The first kappa shape index (κ1) is 24.1. The lowest BCUT2D eigenvalue weighted by Crippen LogP contribution is -2.47. The summed E-state index contributed by atoms with van der Waals surface area (Å²) in [6.07, 6.45) is 0.0806. The number of ether oxygens (including phenoxy) is 1. The van der Waals surface area contributed by atoms with Crippen LogP contribution in [0.5, 0.6) is 5.75 Å². The first-order valence-electron chi connectivity index (χ1n) is 10.5. The number of carbonyl (C=O) groups excluding carboxylic acids is 2. The van der Waals surface area contributed by atoms with Gasteiger partial charge in [-0.2, -0.15) is 4.31 Å². The van der Waals surface area contributed by atoms with Crippen LogP contribution >= 0.6 is 11.6 Å². The summed E-state index contributed by atoms with van der Waals surface area (Å²) in [4.78, 5) is 26.0. The number of hydrogen-bond acceptors (Lipinski definition) is 5. The van der Waals surface area contributed by atoms with E-state index in [-0.39, 0.29) is 23.1 Å².